The van der Waals surface area contributed by atoms with Crippen molar-refractivity contribution in [3.05, 3.63) is 54.1 Å². The average Bonchev–Trinajstić information content (AvgIpc) is 2.75. The highest BCUT2D eigenvalue weighted by Crippen LogP contribution is 2.23. The van der Waals surface area contributed by atoms with Crippen LogP contribution >= 0.6 is 0 Å². The van der Waals surface area contributed by atoms with Crippen LogP contribution in [0.5, 0.6) is 0 Å². The number of aromatic nitrogens is 1. The van der Waals surface area contributed by atoms with Crippen LogP contribution in [0.15, 0.2) is 42.7 Å². The van der Waals surface area contributed by atoms with Crippen molar-refractivity contribution in [2.45, 2.75) is 38.1 Å². The SMILES string of the molecule is O=C(NC1CCCCC1)c1cncc(N2CCN(c3ccccc3F)CC2)c1. The molecule has 2 aromatic rings. The zero-order valence-corrected chi connectivity index (χ0v) is 16.1. The molecule has 0 bridgehead atoms. The van der Waals surface area contributed by atoms with Gasteiger partial charge in [-0.1, -0.05) is 31.4 Å². The van der Waals surface area contributed by atoms with Crippen LogP contribution in [0, 0.1) is 5.82 Å². The number of halogens is 1. The fraction of sp³-hybridized carbons (Fsp3) is 0.455. The van der Waals surface area contributed by atoms with Gasteiger partial charge in [-0.15, -0.1) is 0 Å². The molecular formula is C22H27FN4O. The Balaban J connectivity index is 1.38. The van der Waals surface area contributed by atoms with E-state index in [2.05, 4.69) is 20.1 Å². The van der Waals surface area contributed by atoms with Crippen molar-refractivity contribution < 1.29 is 9.18 Å². The van der Waals surface area contributed by atoms with Crippen LogP contribution in [-0.4, -0.2) is 43.1 Å². The third-order valence-electron chi connectivity index (χ3n) is 5.76. The third kappa shape index (κ3) is 4.26. The topological polar surface area (TPSA) is 48.5 Å². The maximum absolute atomic E-state index is 14.0. The van der Waals surface area contributed by atoms with E-state index in [9.17, 15) is 9.18 Å². The van der Waals surface area contributed by atoms with E-state index in [4.69, 9.17) is 0 Å². The van der Waals surface area contributed by atoms with E-state index in [1.807, 2.05) is 18.2 Å². The lowest BCUT2D eigenvalue weighted by molar-refractivity contribution is 0.0927. The van der Waals surface area contributed by atoms with Crippen molar-refractivity contribution in [1.82, 2.24) is 10.3 Å². The summed E-state index contributed by atoms with van der Waals surface area (Å²) in [5, 5.41) is 3.15. The lowest BCUT2D eigenvalue weighted by Crippen LogP contribution is -2.47. The van der Waals surface area contributed by atoms with Gasteiger partial charge < -0.3 is 15.1 Å². The van der Waals surface area contributed by atoms with Gasteiger partial charge in [0, 0.05) is 38.4 Å². The van der Waals surface area contributed by atoms with Gasteiger partial charge in [0.15, 0.2) is 0 Å². The quantitative estimate of drug-likeness (QED) is 0.878. The van der Waals surface area contributed by atoms with Crippen LogP contribution in [0.25, 0.3) is 0 Å². The first-order valence-corrected chi connectivity index (χ1v) is 10.2. The van der Waals surface area contributed by atoms with E-state index in [1.54, 1.807) is 18.5 Å². The molecule has 4 rings (SSSR count). The number of nitrogens with one attached hydrogen (secondary N) is 1. The predicted molar refractivity (Wildman–Crippen MR) is 109 cm³/mol. The second-order valence-electron chi connectivity index (χ2n) is 7.67. The summed E-state index contributed by atoms with van der Waals surface area (Å²) in [6.45, 7) is 3.01. The number of pyridine rings is 1. The number of carbonyl (C=O) groups excluding carboxylic acids is 1. The molecule has 0 radical (unpaired) electrons. The first-order chi connectivity index (χ1) is 13.7. The maximum Gasteiger partial charge on any atom is 0.253 e. The number of amides is 1. The summed E-state index contributed by atoms with van der Waals surface area (Å²) in [7, 11) is 0. The van der Waals surface area contributed by atoms with Gasteiger partial charge in [-0.3, -0.25) is 9.78 Å². The average molecular weight is 382 g/mol. The first kappa shape index (κ1) is 18.7. The molecule has 5 nitrogen and oxygen atoms in total. The van der Waals surface area contributed by atoms with Crippen LogP contribution in [-0.2, 0) is 0 Å². The van der Waals surface area contributed by atoms with Crippen molar-refractivity contribution in [3.8, 4) is 0 Å². The highest BCUT2D eigenvalue weighted by Gasteiger charge is 2.21. The molecule has 1 amide bonds. The molecule has 1 aliphatic heterocycles. The number of para-hydroxylation sites is 1. The molecule has 1 aromatic carbocycles. The summed E-state index contributed by atoms with van der Waals surface area (Å²) in [6, 6.07) is 9.11. The number of hydrogen-bond acceptors (Lipinski definition) is 4. The zero-order chi connectivity index (χ0) is 19.3. The number of carbonyl (C=O) groups is 1. The molecule has 2 fully saturated rings. The molecule has 1 saturated heterocycles. The Morgan fingerprint density at radius 1 is 1.00 bits per heavy atom. The molecule has 6 heteroatoms. The lowest BCUT2D eigenvalue weighted by Gasteiger charge is -2.37. The van der Waals surface area contributed by atoms with Crippen LogP contribution < -0.4 is 15.1 Å². The van der Waals surface area contributed by atoms with Gasteiger partial charge >= 0.3 is 0 Å². The number of nitrogens with zero attached hydrogens (tertiary/aromatic N) is 3. The molecule has 1 aliphatic carbocycles. The second kappa shape index (κ2) is 8.59. The molecule has 0 spiro atoms. The summed E-state index contributed by atoms with van der Waals surface area (Å²) in [5.74, 6) is -0.217. The molecule has 148 valence electrons. The van der Waals surface area contributed by atoms with E-state index in [0.29, 0.717) is 11.3 Å². The standard InChI is InChI=1S/C22H27FN4O/c23-20-8-4-5-9-21(20)27-12-10-26(11-13-27)19-14-17(15-24-16-19)22(28)25-18-6-2-1-3-7-18/h4-5,8-9,14-16,18H,1-3,6-7,10-13H2,(H,25,28). The van der Waals surface area contributed by atoms with Crippen molar-refractivity contribution in [2.75, 3.05) is 36.0 Å². The van der Waals surface area contributed by atoms with Crippen molar-refractivity contribution in [2.24, 2.45) is 0 Å². The Morgan fingerprint density at radius 2 is 1.71 bits per heavy atom. The molecule has 1 aromatic heterocycles. The fourth-order valence-corrected chi connectivity index (χ4v) is 4.15. The molecular weight excluding hydrogens is 355 g/mol. The summed E-state index contributed by atoms with van der Waals surface area (Å²) in [6.07, 6.45) is 9.22. The predicted octanol–water partition coefficient (Wildman–Crippen LogP) is 3.61. The molecule has 2 aliphatic rings. The number of anilines is 2. The summed E-state index contributed by atoms with van der Waals surface area (Å²) < 4.78 is 14.0. The minimum Gasteiger partial charge on any atom is -0.367 e. The van der Waals surface area contributed by atoms with Crippen LogP contribution in [0.4, 0.5) is 15.8 Å². The largest absolute Gasteiger partial charge is 0.367 e. The van der Waals surface area contributed by atoms with E-state index in [0.717, 1.165) is 44.7 Å². The van der Waals surface area contributed by atoms with E-state index in [1.165, 1.54) is 25.3 Å². The molecule has 1 saturated carbocycles. The molecule has 1 N–H and O–H groups in total. The van der Waals surface area contributed by atoms with Gasteiger partial charge in [0.2, 0.25) is 0 Å². The number of hydrogen-bond donors (Lipinski definition) is 1. The van der Waals surface area contributed by atoms with Crippen molar-refractivity contribution >= 4 is 17.3 Å². The van der Waals surface area contributed by atoms with Gasteiger partial charge in [-0.2, -0.15) is 0 Å². The summed E-state index contributed by atoms with van der Waals surface area (Å²) in [4.78, 5) is 21.2. The zero-order valence-electron chi connectivity index (χ0n) is 16.1. The monoisotopic (exact) mass is 382 g/mol. The smallest absolute Gasteiger partial charge is 0.253 e. The van der Waals surface area contributed by atoms with E-state index >= 15 is 0 Å². The third-order valence-corrected chi connectivity index (χ3v) is 5.76. The lowest BCUT2D eigenvalue weighted by atomic mass is 9.95. The second-order valence-corrected chi connectivity index (χ2v) is 7.67. The van der Waals surface area contributed by atoms with Crippen molar-refractivity contribution in [3.63, 3.8) is 0 Å². The first-order valence-electron chi connectivity index (χ1n) is 10.2. The van der Waals surface area contributed by atoms with Gasteiger partial charge in [0.25, 0.3) is 5.91 Å². The minimum absolute atomic E-state index is 0.0359. The number of benzene rings is 1. The van der Waals surface area contributed by atoms with Crippen molar-refractivity contribution in [1.29, 1.82) is 0 Å². The summed E-state index contributed by atoms with van der Waals surface area (Å²) in [5.41, 5.74) is 2.21. The van der Waals surface area contributed by atoms with Gasteiger partial charge in [-0.25, -0.2) is 4.39 Å². The molecule has 2 heterocycles. The Hall–Kier alpha value is -2.63. The van der Waals surface area contributed by atoms with E-state index < -0.39 is 0 Å². The number of piperazine rings is 1. The Labute approximate surface area is 165 Å². The normalized spacial score (nSPS) is 18.2. The number of rotatable bonds is 4. The van der Waals surface area contributed by atoms with Crippen LogP contribution in [0.3, 0.4) is 0 Å². The Morgan fingerprint density at radius 3 is 2.46 bits per heavy atom. The van der Waals surface area contributed by atoms with E-state index in [-0.39, 0.29) is 17.8 Å². The minimum atomic E-state index is -0.181. The summed E-state index contributed by atoms with van der Waals surface area (Å²) >= 11 is 0. The van der Waals surface area contributed by atoms with Crippen LogP contribution in [0.2, 0.25) is 0 Å². The van der Waals surface area contributed by atoms with Crippen LogP contribution in [0.1, 0.15) is 42.5 Å². The Bertz CT molecular complexity index is 814. The molecule has 28 heavy (non-hydrogen) atoms. The van der Waals surface area contributed by atoms with Gasteiger partial charge in [-0.05, 0) is 31.0 Å². The Kier molecular flexibility index (Phi) is 5.74. The van der Waals surface area contributed by atoms with Gasteiger partial charge in [0.05, 0.1) is 23.1 Å². The molecule has 0 atom stereocenters. The highest BCUT2D eigenvalue weighted by molar-refractivity contribution is 5.95. The maximum atomic E-state index is 14.0. The fourth-order valence-electron chi connectivity index (χ4n) is 4.15. The highest BCUT2D eigenvalue weighted by atomic mass is 19.1. The van der Waals surface area contributed by atoms with Gasteiger partial charge in [0.1, 0.15) is 5.82 Å². The molecule has 0 unspecified atom stereocenters.